The molecule has 0 saturated carbocycles. The van der Waals surface area contributed by atoms with Gasteiger partial charge in [-0.3, -0.25) is 0 Å². The van der Waals surface area contributed by atoms with Crippen LogP contribution in [0.1, 0.15) is 12.8 Å². The van der Waals surface area contributed by atoms with Crippen molar-refractivity contribution in [3.05, 3.63) is 16.1 Å². The molecular weight excluding hydrogens is 271 g/mol. The maximum Gasteiger partial charge on any atom is 0.149 e. The normalized spacial score (nSPS) is 18.0. The van der Waals surface area contributed by atoms with Crippen LogP contribution in [0.15, 0.2) is 6.07 Å². The van der Waals surface area contributed by atoms with Crippen molar-refractivity contribution in [3.63, 3.8) is 0 Å². The van der Waals surface area contributed by atoms with E-state index in [1.807, 2.05) is 7.05 Å². The molecule has 4 nitrogen and oxygen atoms in total. The molecule has 1 fully saturated rings. The van der Waals surface area contributed by atoms with E-state index in [2.05, 4.69) is 21.8 Å². The van der Waals surface area contributed by atoms with Crippen molar-refractivity contribution < 1.29 is 0 Å². The van der Waals surface area contributed by atoms with Crippen molar-refractivity contribution in [1.82, 2.24) is 9.88 Å². The zero-order valence-electron chi connectivity index (χ0n) is 10.7. The van der Waals surface area contributed by atoms with Crippen LogP contribution in [-0.2, 0) is 0 Å². The van der Waals surface area contributed by atoms with Crippen LogP contribution >= 0.6 is 23.2 Å². The molecule has 0 radical (unpaired) electrons. The smallest absolute Gasteiger partial charge is 0.149 e. The van der Waals surface area contributed by atoms with Crippen LogP contribution in [0.3, 0.4) is 0 Å². The number of nitrogen functional groups attached to an aromatic ring is 1. The summed E-state index contributed by atoms with van der Waals surface area (Å²) in [4.78, 5) is 8.73. The highest BCUT2D eigenvalue weighted by atomic mass is 35.5. The summed E-state index contributed by atoms with van der Waals surface area (Å²) in [6.07, 6.45) is 2.21. The molecule has 18 heavy (non-hydrogen) atoms. The zero-order chi connectivity index (χ0) is 13.3. The van der Waals surface area contributed by atoms with Gasteiger partial charge in [0.2, 0.25) is 0 Å². The second kappa shape index (κ2) is 5.51. The van der Waals surface area contributed by atoms with E-state index < -0.39 is 0 Å². The molecule has 0 atom stereocenters. The Morgan fingerprint density at radius 2 is 1.94 bits per heavy atom. The van der Waals surface area contributed by atoms with E-state index in [0.717, 1.165) is 25.9 Å². The van der Waals surface area contributed by atoms with E-state index >= 15 is 0 Å². The van der Waals surface area contributed by atoms with Gasteiger partial charge in [0, 0.05) is 13.1 Å². The van der Waals surface area contributed by atoms with Gasteiger partial charge < -0.3 is 15.5 Å². The van der Waals surface area contributed by atoms with Crippen molar-refractivity contribution >= 4 is 34.8 Å². The lowest BCUT2D eigenvalue weighted by molar-refractivity contribution is 0.252. The summed E-state index contributed by atoms with van der Waals surface area (Å²) in [7, 11) is 4.15. The van der Waals surface area contributed by atoms with E-state index in [1.54, 1.807) is 6.07 Å². The highest BCUT2D eigenvalue weighted by Crippen LogP contribution is 2.31. The van der Waals surface area contributed by atoms with E-state index in [9.17, 15) is 0 Å². The predicted molar refractivity (Wildman–Crippen MR) is 77.6 cm³/mol. The monoisotopic (exact) mass is 288 g/mol. The molecule has 0 bridgehead atoms. The zero-order valence-corrected chi connectivity index (χ0v) is 12.2. The van der Waals surface area contributed by atoms with Gasteiger partial charge in [0.15, 0.2) is 0 Å². The lowest BCUT2D eigenvalue weighted by Gasteiger charge is -2.36. The first-order valence-corrected chi connectivity index (χ1v) is 6.77. The van der Waals surface area contributed by atoms with Gasteiger partial charge in [-0.2, -0.15) is 0 Å². The molecule has 0 spiro atoms. The van der Waals surface area contributed by atoms with E-state index in [1.165, 1.54) is 0 Å². The fraction of sp³-hybridized carbons (Fsp3) is 0.583. The van der Waals surface area contributed by atoms with Crippen LogP contribution in [0.5, 0.6) is 0 Å². The molecule has 100 valence electrons. The summed E-state index contributed by atoms with van der Waals surface area (Å²) in [5.41, 5.74) is 5.74. The summed E-state index contributed by atoms with van der Waals surface area (Å²) < 4.78 is 0. The van der Waals surface area contributed by atoms with Crippen LogP contribution in [0.4, 0.5) is 11.6 Å². The summed E-state index contributed by atoms with van der Waals surface area (Å²) in [6.45, 7) is 2.19. The lowest BCUT2D eigenvalue weighted by atomic mass is 10.0. The summed E-state index contributed by atoms with van der Waals surface area (Å²) in [5, 5.41) is 0.955. The first-order chi connectivity index (χ1) is 8.49. The Hall–Kier alpha value is -0.710. The fourth-order valence-electron chi connectivity index (χ4n) is 2.27. The van der Waals surface area contributed by atoms with Gasteiger partial charge in [-0.05, 0) is 39.0 Å². The highest BCUT2D eigenvalue weighted by molar-refractivity contribution is 6.37. The van der Waals surface area contributed by atoms with Crippen LogP contribution in [0, 0.1) is 0 Å². The average molecular weight is 289 g/mol. The molecule has 6 heteroatoms. The summed E-state index contributed by atoms with van der Waals surface area (Å²) >= 11 is 12.1. The fourth-order valence-corrected chi connectivity index (χ4v) is 2.77. The van der Waals surface area contributed by atoms with Gasteiger partial charge in [0.05, 0.1) is 10.0 Å². The third-order valence-corrected chi connectivity index (χ3v) is 4.09. The first-order valence-electron chi connectivity index (χ1n) is 6.02. The largest absolute Gasteiger partial charge is 0.382 e. The van der Waals surface area contributed by atoms with Gasteiger partial charge in [-0.1, -0.05) is 23.2 Å². The number of rotatable bonds is 2. The number of hydrogen-bond acceptors (Lipinski definition) is 4. The number of anilines is 2. The maximum atomic E-state index is 6.19. The molecule has 1 aliphatic rings. The number of pyridine rings is 1. The van der Waals surface area contributed by atoms with Crippen molar-refractivity contribution in [2.24, 2.45) is 0 Å². The first kappa shape index (κ1) is 13.7. The van der Waals surface area contributed by atoms with Crippen LogP contribution in [-0.4, -0.2) is 43.1 Å². The number of aromatic nitrogens is 1. The molecule has 0 amide bonds. The van der Waals surface area contributed by atoms with Crippen molar-refractivity contribution in [3.8, 4) is 0 Å². The Labute approximate surface area is 118 Å². The number of nitrogens with two attached hydrogens (primary N) is 1. The molecule has 0 aromatic carbocycles. The number of nitrogens with zero attached hydrogens (tertiary/aromatic N) is 3. The quantitative estimate of drug-likeness (QED) is 0.908. The molecule has 0 aliphatic carbocycles. The second-order valence-electron chi connectivity index (χ2n) is 4.81. The predicted octanol–water partition coefficient (Wildman–Crippen LogP) is 2.50. The highest BCUT2D eigenvalue weighted by Gasteiger charge is 2.23. The van der Waals surface area contributed by atoms with Gasteiger partial charge in [0.25, 0.3) is 0 Å². The Balaban J connectivity index is 2.18. The van der Waals surface area contributed by atoms with Gasteiger partial charge in [-0.25, -0.2) is 4.98 Å². The minimum atomic E-state index is 0.329. The number of hydrogen-bond donors (Lipinski definition) is 1. The van der Waals surface area contributed by atoms with Crippen LogP contribution < -0.4 is 10.6 Å². The Morgan fingerprint density at radius 3 is 2.56 bits per heavy atom. The Morgan fingerprint density at radius 1 is 1.33 bits per heavy atom. The minimum absolute atomic E-state index is 0.329. The Kier molecular flexibility index (Phi) is 4.20. The molecule has 2 rings (SSSR count). The molecule has 1 aliphatic heterocycles. The minimum Gasteiger partial charge on any atom is -0.382 e. The number of piperidine rings is 1. The van der Waals surface area contributed by atoms with Gasteiger partial charge in [0.1, 0.15) is 11.6 Å². The van der Waals surface area contributed by atoms with Gasteiger partial charge >= 0.3 is 0 Å². The van der Waals surface area contributed by atoms with Crippen LogP contribution in [0.2, 0.25) is 10.0 Å². The maximum absolute atomic E-state index is 6.19. The molecule has 1 saturated heterocycles. The van der Waals surface area contributed by atoms with Crippen molar-refractivity contribution in [2.75, 3.05) is 37.8 Å². The van der Waals surface area contributed by atoms with E-state index in [4.69, 9.17) is 28.9 Å². The molecule has 2 heterocycles. The SMILES string of the molecule is CN1CCC(N(C)c2nc(N)c(Cl)cc2Cl)CC1. The molecule has 0 unspecified atom stereocenters. The van der Waals surface area contributed by atoms with E-state index in [-0.39, 0.29) is 0 Å². The number of halogens is 2. The molecular formula is C12H18Cl2N4. The lowest BCUT2D eigenvalue weighted by Crippen LogP contribution is -2.42. The average Bonchev–Trinajstić information content (AvgIpc) is 2.34. The molecule has 1 aromatic heterocycles. The van der Waals surface area contributed by atoms with Crippen molar-refractivity contribution in [2.45, 2.75) is 18.9 Å². The number of likely N-dealkylation sites (tertiary alicyclic amines) is 1. The third kappa shape index (κ3) is 2.82. The summed E-state index contributed by atoms with van der Waals surface area (Å²) in [6, 6.07) is 2.11. The van der Waals surface area contributed by atoms with Crippen molar-refractivity contribution in [1.29, 1.82) is 0 Å². The van der Waals surface area contributed by atoms with E-state index in [0.29, 0.717) is 27.7 Å². The second-order valence-corrected chi connectivity index (χ2v) is 5.62. The Bertz CT molecular complexity index is 430. The molecule has 2 N–H and O–H groups in total. The van der Waals surface area contributed by atoms with Gasteiger partial charge in [-0.15, -0.1) is 0 Å². The standard InChI is InChI=1S/C12H18Cl2N4/c1-17-5-3-8(4-6-17)18(2)12-10(14)7-9(13)11(15)16-12/h7-8H,3-6H2,1-2H3,(H2,15,16). The molecule has 1 aromatic rings. The third-order valence-electron chi connectivity index (χ3n) is 3.51. The topological polar surface area (TPSA) is 45.4 Å². The summed E-state index contributed by atoms with van der Waals surface area (Å²) in [5.74, 6) is 1.05. The van der Waals surface area contributed by atoms with Crippen LogP contribution in [0.25, 0.3) is 0 Å².